The molecule has 14 heteroatoms. The molecule has 0 saturated carbocycles. The summed E-state index contributed by atoms with van der Waals surface area (Å²) >= 11 is 0. The maximum Gasteiger partial charge on any atom is 0.416 e. The Bertz CT molecular complexity index is 1680. The molecule has 5 rings (SSSR count). The first-order valence-electron chi connectivity index (χ1n) is 12.2. The molecule has 0 unspecified atom stereocenters. The Morgan fingerprint density at radius 2 is 1.73 bits per heavy atom. The summed E-state index contributed by atoms with van der Waals surface area (Å²) < 4.78 is 86.0. The lowest BCUT2D eigenvalue weighted by atomic mass is 9.92. The highest BCUT2D eigenvalue weighted by Gasteiger charge is 2.45. The normalized spacial score (nSPS) is 15.0. The lowest BCUT2D eigenvalue weighted by Gasteiger charge is -2.41. The Hall–Kier alpha value is -4.62. The van der Waals surface area contributed by atoms with Crippen LogP contribution in [-0.2, 0) is 13.2 Å². The number of fused-ring (bicyclic) bond motifs is 1. The first-order valence-corrected chi connectivity index (χ1v) is 12.2. The van der Waals surface area contributed by atoms with E-state index in [0.717, 1.165) is 22.4 Å². The highest BCUT2D eigenvalue weighted by molar-refractivity contribution is 5.93. The number of halogens is 6. The van der Waals surface area contributed by atoms with E-state index in [4.69, 9.17) is 0 Å². The molecule has 2 aromatic heterocycles. The summed E-state index contributed by atoms with van der Waals surface area (Å²) in [6, 6.07) is 9.42. The lowest BCUT2D eigenvalue weighted by Crippen LogP contribution is -2.47. The average Bonchev–Trinajstić information content (AvgIpc) is 2.88. The fourth-order valence-electron chi connectivity index (χ4n) is 4.80. The summed E-state index contributed by atoms with van der Waals surface area (Å²) in [5, 5.41) is 10.7. The summed E-state index contributed by atoms with van der Waals surface area (Å²) in [4.78, 5) is 34.5. The van der Waals surface area contributed by atoms with Crippen molar-refractivity contribution < 1.29 is 36.2 Å². The van der Waals surface area contributed by atoms with Gasteiger partial charge >= 0.3 is 18.3 Å². The van der Waals surface area contributed by atoms with Crippen molar-refractivity contribution in [1.29, 1.82) is 0 Å². The van der Waals surface area contributed by atoms with Gasteiger partial charge in [-0.3, -0.25) is 9.36 Å². The van der Waals surface area contributed by atoms with Crippen molar-refractivity contribution in [2.45, 2.75) is 24.3 Å². The molecule has 1 fully saturated rings. The van der Waals surface area contributed by atoms with Crippen LogP contribution in [0.3, 0.4) is 0 Å². The van der Waals surface area contributed by atoms with Crippen molar-refractivity contribution >= 4 is 28.6 Å². The molecule has 214 valence electrons. The maximum absolute atomic E-state index is 14.5. The van der Waals surface area contributed by atoms with Crippen molar-refractivity contribution in [1.82, 2.24) is 14.5 Å². The van der Waals surface area contributed by atoms with Crippen LogP contribution in [0.5, 0.6) is 0 Å². The molecule has 4 aromatic rings. The highest BCUT2D eigenvalue weighted by atomic mass is 19.4. The molecule has 2 aromatic carbocycles. The van der Waals surface area contributed by atoms with Gasteiger partial charge in [-0.2, -0.15) is 26.3 Å². The van der Waals surface area contributed by atoms with Crippen LogP contribution in [0.4, 0.5) is 38.1 Å². The van der Waals surface area contributed by atoms with Crippen molar-refractivity contribution in [3.05, 3.63) is 93.4 Å². The van der Waals surface area contributed by atoms with Gasteiger partial charge in [0.2, 0.25) is 5.95 Å². The average molecular weight is 577 g/mol. The van der Waals surface area contributed by atoms with E-state index in [1.54, 1.807) is 4.90 Å². The molecule has 0 spiro atoms. The zero-order valence-electron chi connectivity index (χ0n) is 21.2. The van der Waals surface area contributed by atoms with Gasteiger partial charge in [-0.1, -0.05) is 30.3 Å². The quantitative estimate of drug-likeness (QED) is 0.298. The van der Waals surface area contributed by atoms with Crippen LogP contribution in [0, 0.1) is 0 Å². The third-order valence-electron chi connectivity index (χ3n) is 6.91. The maximum atomic E-state index is 14.5. The number of nitrogens with one attached hydrogen (secondary N) is 1. The molecule has 0 amide bonds. The number of alkyl halides is 6. The summed E-state index contributed by atoms with van der Waals surface area (Å²) in [6.07, 6.45) is -9.31. The zero-order valence-corrected chi connectivity index (χ0v) is 21.2. The van der Waals surface area contributed by atoms with Gasteiger partial charge in [0.1, 0.15) is 11.4 Å². The molecule has 0 bridgehead atoms. The number of nitrogens with zero attached hydrogens (tertiary/aromatic N) is 4. The minimum absolute atomic E-state index is 0.0133. The third-order valence-corrected chi connectivity index (χ3v) is 6.91. The number of carboxylic acids is 1. The monoisotopic (exact) mass is 577 g/mol. The largest absolute Gasteiger partial charge is 0.478 e. The van der Waals surface area contributed by atoms with E-state index in [-0.39, 0.29) is 17.9 Å². The molecule has 1 saturated heterocycles. The number of rotatable bonds is 6. The number of hydrogen-bond acceptors (Lipinski definition) is 6. The standard InChI is InChI=1S/C27H21F6N5O3/c1-37-23(39)19-11-16(26(28,29)30)10-18(21(27(31,32)33)36-22-17(24(40)41)8-5-9-34-22)20(19)35-25(37)38-12-15(13-38)14-6-3-2-4-7-14/h2-11,15,21H,12-13H2,1H3,(H,34,36)(H,40,41)/t21-/m0/s1. The van der Waals surface area contributed by atoms with Gasteiger partial charge in [0.05, 0.1) is 16.5 Å². The van der Waals surface area contributed by atoms with Crippen LogP contribution in [0.1, 0.15) is 39.0 Å². The fourth-order valence-corrected chi connectivity index (χ4v) is 4.80. The Kier molecular flexibility index (Phi) is 6.87. The van der Waals surface area contributed by atoms with E-state index in [2.05, 4.69) is 9.97 Å². The second-order valence-electron chi connectivity index (χ2n) is 9.57. The van der Waals surface area contributed by atoms with Gasteiger partial charge in [0.25, 0.3) is 5.56 Å². The predicted molar refractivity (Wildman–Crippen MR) is 137 cm³/mol. The molecule has 8 nitrogen and oxygen atoms in total. The van der Waals surface area contributed by atoms with E-state index >= 15 is 0 Å². The van der Waals surface area contributed by atoms with Crippen LogP contribution in [0.25, 0.3) is 10.9 Å². The summed E-state index contributed by atoms with van der Waals surface area (Å²) in [6.45, 7) is 0.755. The smallest absolute Gasteiger partial charge is 0.416 e. The van der Waals surface area contributed by atoms with E-state index in [9.17, 15) is 41.0 Å². The highest BCUT2D eigenvalue weighted by Crippen LogP contribution is 2.42. The molecular weight excluding hydrogens is 556 g/mol. The number of anilines is 2. The van der Waals surface area contributed by atoms with Crippen LogP contribution in [0.2, 0.25) is 0 Å². The molecular formula is C27H21F6N5O3. The van der Waals surface area contributed by atoms with Gasteiger partial charge in [-0.05, 0) is 29.8 Å². The zero-order chi connectivity index (χ0) is 29.7. The Morgan fingerprint density at radius 1 is 1.05 bits per heavy atom. The second kappa shape index (κ2) is 10.1. The molecule has 0 radical (unpaired) electrons. The second-order valence-corrected chi connectivity index (χ2v) is 9.57. The topological polar surface area (TPSA) is 100 Å². The van der Waals surface area contributed by atoms with Gasteiger partial charge in [0, 0.05) is 37.8 Å². The van der Waals surface area contributed by atoms with Crippen LogP contribution >= 0.6 is 0 Å². The molecule has 3 heterocycles. The van der Waals surface area contributed by atoms with E-state index in [1.165, 1.54) is 13.1 Å². The lowest BCUT2D eigenvalue weighted by molar-refractivity contribution is -0.145. The molecule has 41 heavy (non-hydrogen) atoms. The summed E-state index contributed by atoms with van der Waals surface area (Å²) in [7, 11) is 1.28. The van der Waals surface area contributed by atoms with Crippen LogP contribution < -0.4 is 15.8 Å². The molecule has 1 aliphatic heterocycles. The summed E-state index contributed by atoms with van der Waals surface area (Å²) in [5.74, 6) is -2.28. The number of aromatic nitrogens is 3. The van der Waals surface area contributed by atoms with E-state index in [0.29, 0.717) is 19.2 Å². The van der Waals surface area contributed by atoms with Gasteiger partial charge < -0.3 is 15.3 Å². The van der Waals surface area contributed by atoms with E-state index in [1.807, 2.05) is 35.6 Å². The molecule has 0 aliphatic carbocycles. The first-order chi connectivity index (χ1) is 19.3. The Balaban J connectivity index is 1.68. The summed E-state index contributed by atoms with van der Waals surface area (Å²) in [5.41, 5.74) is -3.67. The number of carboxylic acid groups (broad SMARTS) is 1. The predicted octanol–water partition coefficient (Wildman–Crippen LogP) is 5.36. The minimum Gasteiger partial charge on any atom is -0.478 e. The fraction of sp³-hybridized carbons (Fsp3) is 0.259. The van der Waals surface area contributed by atoms with Crippen molar-refractivity contribution in [3.63, 3.8) is 0 Å². The Labute approximate surface area is 227 Å². The Morgan fingerprint density at radius 3 is 2.34 bits per heavy atom. The first kappa shape index (κ1) is 27.9. The van der Waals surface area contributed by atoms with Gasteiger partial charge in [0.15, 0.2) is 6.04 Å². The van der Waals surface area contributed by atoms with Crippen molar-refractivity contribution in [2.75, 3.05) is 23.3 Å². The molecule has 1 atom stereocenters. The minimum atomic E-state index is -5.25. The SMILES string of the molecule is Cn1c(N2CC(c3ccccc3)C2)nc2c([C@H](Nc3ncccc3C(=O)O)C(F)(F)F)cc(C(F)(F)F)cc2c1=O. The van der Waals surface area contributed by atoms with Gasteiger partial charge in [-0.15, -0.1) is 0 Å². The van der Waals surface area contributed by atoms with Crippen molar-refractivity contribution in [3.8, 4) is 0 Å². The van der Waals surface area contributed by atoms with Gasteiger partial charge in [-0.25, -0.2) is 14.8 Å². The number of hydrogen-bond donors (Lipinski definition) is 2. The van der Waals surface area contributed by atoms with Crippen molar-refractivity contribution in [2.24, 2.45) is 7.05 Å². The number of benzene rings is 2. The van der Waals surface area contributed by atoms with E-state index < -0.39 is 63.3 Å². The van der Waals surface area contributed by atoms with Crippen LogP contribution in [-0.4, -0.2) is 44.9 Å². The number of pyridine rings is 1. The number of carbonyl (C=O) groups is 1. The molecule has 2 N–H and O–H groups in total. The molecule has 1 aliphatic rings. The third kappa shape index (κ3) is 5.28. The number of aromatic carboxylic acids is 1. The van der Waals surface area contributed by atoms with Crippen LogP contribution in [0.15, 0.2) is 65.6 Å².